The van der Waals surface area contributed by atoms with E-state index in [9.17, 15) is 34.2 Å². The van der Waals surface area contributed by atoms with Crippen molar-refractivity contribution in [2.75, 3.05) is 10.2 Å². The van der Waals surface area contributed by atoms with Crippen molar-refractivity contribution in [3.8, 4) is 11.5 Å². The van der Waals surface area contributed by atoms with Crippen molar-refractivity contribution in [1.82, 2.24) is 14.8 Å². The molecule has 0 aliphatic carbocycles. The minimum absolute atomic E-state index is 0.0288. The molecule has 14 nitrogen and oxygen atoms in total. The number of hydrogen-bond donors (Lipinski definition) is 6. The van der Waals surface area contributed by atoms with Gasteiger partial charge in [-0.05, 0) is 60.4 Å². The number of imide groups is 1. The number of piperidine rings is 1. The van der Waals surface area contributed by atoms with Crippen LogP contribution in [0.25, 0.3) is 10.9 Å². The van der Waals surface area contributed by atoms with E-state index in [0.29, 0.717) is 34.3 Å². The molecule has 3 aromatic carbocycles. The Hall–Kier alpha value is -6.18. The third-order valence-corrected chi connectivity index (χ3v) is 8.91. The molecule has 1 atom stereocenters. The van der Waals surface area contributed by atoms with Gasteiger partial charge in [-0.15, -0.1) is 0 Å². The fraction of sp³-hybridized carbons (Fsp3) is 0.257. The molecule has 0 bridgehead atoms. The van der Waals surface area contributed by atoms with Gasteiger partial charge in [-0.1, -0.05) is 19.9 Å². The van der Waals surface area contributed by atoms with Crippen molar-refractivity contribution in [3.63, 3.8) is 0 Å². The van der Waals surface area contributed by atoms with E-state index in [1.807, 2.05) is 18.4 Å². The van der Waals surface area contributed by atoms with Crippen molar-refractivity contribution in [2.45, 2.75) is 58.2 Å². The number of amidine groups is 1. The van der Waals surface area contributed by atoms with Crippen molar-refractivity contribution < 1.29 is 34.2 Å². The minimum Gasteiger partial charge on any atom is -0.508 e. The van der Waals surface area contributed by atoms with Crippen molar-refractivity contribution >= 4 is 57.8 Å². The number of aromatic nitrogens is 1. The van der Waals surface area contributed by atoms with Crippen LogP contribution < -0.4 is 21.3 Å². The Balaban J connectivity index is 1.15. The van der Waals surface area contributed by atoms with Crippen molar-refractivity contribution in [1.29, 1.82) is 5.41 Å². The number of primary amides is 1. The number of fused-ring (bicyclic) bond motifs is 2. The molecule has 0 radical (unpaired) electrons. The lowest BCUT2D eigenvalue weighted by atomic mass is 9.98. The summed E-state index contributed by atoms with van der Waals surface area (Å²) in [6.45, 7) is 4.14. The summed E-state index contributed by atoms with van der Waals surface area (Å²) in [6.07, 6.45) is 2.27. The second-order valence-electron chi connectivity index (χ2n) is 12.4. The van der Waals surface area contributed by atoms with Crippen LogP contribution in [0.1, 0.15) is 66.1 Å². The standard InChI is InChI=1S/C35H35N7O7/c1-18(2)22-15-23(29(44)16-28(22)43)32(36)42(35(37)49)20-6-7-26-19(14-20)10-12-40(26)13-11-31(46)38-25-5-3-4-21-24(25)17-41(34(21)48)27-8-9-30(45)39-33(27)47/h3-7,10,12,14-16,18,27,36,43-44H,8-9,11,13,17H2,1-2H3,(H2,37,49)(H,38,46)(H,39,45,47). The highest BCUT2D eigenvalue weighted by Crippen LogP contribution is 2.35. The number of phenolic OH excluding ortho intramolecular Hbond substituents is 2. The summed E-state index contributed by atoms with van der Waals surface area (Å²) in [5.41, 5.74) is 8.74. The van der Waals surface area contributed by atoms with Gasteiger partial charge >= 0.3 is 6.03 Å². The monoisotopic (exact) mass is 665 g/mol. The van der Waals surface area contributed by atoms with E-state index in [1.54, 1.807) is 48.7 Å². The number of anilines is 2. The molecule has 3 heterocycles. The molecule has 0 spiro atoms. The molecule has 4 aromatic rings. The quantitative estimate of drug-likeness (QED) is 0.0928. The van der Waals surface area contributed by atoms with Crippen LogP contribution in [0.5, 0.6) is 11.5 Å². The highest BCUT2D eigenvalue weighted by molar-refractivity contribution is 6.22. The molecule has 252 valence electrons. The maximum atomic E-state index is 13.1. The number of aromatic hydroxyl groups is 2. The Labute approximate surface area is 280 Å². The Kier molecular flexibility index (Phi) is 8.55. The summed E-state index contributed by atoms with van der Waals surface area (Å²) < 4.78 is 1.86. The molecule has 2 aliphatic rings. The first-order chi connectivity index (χ1) is 23.3. The summed E-state index contributed by atoms with van der Waals surface area (Å²) >= 11 is 0. The van der Waals surface area contributed by atoms with Gasteiger partial charge in [-0.2, -0.15) is 0 Å². The second-order valence-corrected chi connectivity index (χ2v) is 12.4. The summed E-state index contributed by atoms with van der Waals surface area (Å²) in [6, 6.07) is 12.7. The number of carbonyl (C=O) groups excluding carboxylic acids is 5. The molecular weight excluding hydrogens is 630 g/mol. The number of urea groups is 1. The van der Waals surface area contributed by atoms with Gasteiger partial charge < -0.3 is 30.7 Å². The van der Waals surface area contributed by atoms with Gasteiger partial charge in [-0.3, -0.25) is 29.9 Å². The Morgan fingerprint density at radius 3 is 2.57 bits per heavy atom. The molecule has 14 heteroatoms. The van der Waals surface area contributed by atoms with Crippen molar-refractivity contribution in [3.05, 3.63) is 83.0 Å². The van der Waals surface area contributed by atoms with Gasteiger partial charge in [-0.25, -0.2) is 9.69 Å². The molecular formula is C35H35N7O7. The lowest BCUT2D eigenvalue weighted by Crippen LogP contribution is -2.52. The second kappa shape index (κ2) is 12.8. The van der Waals surface area contributed by atoms with Crippen molar-refractivity contribution in [2.24, 2.45) is 5.73 Å². The summed E-state index contributed by atoms with van der Waals surface area (Å²) in [5.74, 6) is -2.46. The Morgan fingerprint density at radius 1 is 1.08 bits per heavy atom. The lowest BCUT2D eigenvalue weighted by molar-refractivity contribution is -0.137. The van der Waals surface area contributed by atoms with Gasteiger partial charge in [0, 0.05) is 65.9 Å². The highest BCUT2D eigenvalue weighted by Gasteiger charge is 2.40. The van der Waals surface area contributed by atoms with Crippen LogP contribution in [0.3, 0.4) is 0 Å². The zero-order valence-corrected chi connectivity index (χ0v) is 26.8. The van der Waals surface area contributed by atoms with E-state index >= 15 is 0 Å². The van der Waals surface area contributed by atoms with E-state index in [0.717, 1.165) is 16.5 Å². The smallest absolute Gasteiger partial charge is 0.325 e. The first-order valence-electron chi connectivity index (χ1n) is 15.7. The molecule has 1 fully saturated rings. The fourth-order valence-corrected chi connectivity index (χ4v) is 6.39. The number of rotatable bonds is 8. The number of nitrogens with two attached hydrogens (primary N) is 1. The van der Waals surface area contributed by atoms with E-state index in [1.165, 1.54) is 11.0 Å². The van der Waals surface area contributed by atoms with Gasteiger partial charge in [0.25, 0.3) is 5.91 Å². The molecule has 2 aliphatic heterocycles. The number of nitrogens with one attached hydrogen (secondary N) is 3. The maximum absolute atomic E-state index is 13.1. The number of amides is 6. The maximum Gasteiger partial charge on any atom is 0.325 e. The largest absolute Gasteiger partial charge is 0.508 e. The van der Waals surface area contributed by atoms with Crippen LogP contribution in [-0.4, -0.2) is 61.2 Å². The van der Waals surface area contributed by atoms with Gasteiger partial charge in [0.15, 0.2) is 0 Å². The number of phenols is 2. The molecule has 6 rings (SSSR count). The summed E-state index contributed by atoms with van der Waals surface area (Å²) in [5, 5.41) is 35.4. The fourth-order valence-electron chi connectivity index (χ4n) is 6.39. The number of carbonyl (C=O) groups is 5. The molecule has 7 N–H and O–H groups in total. The molecule has 1 unspecified atom stereocenters. The van der Waals surface area contributed by atoms with Gasteiger partial charge in [0.05, 0.1) is 11.3 Å². The van der Waals surface area contributed by atoms with Crippen LogP contribution in [0, 0.1) is 5.41 Å². The van der Waals surface area contributed by atoms with Crippen LogP contribution in [0.4, 0.5) is 16.2 Å². The molecule has 49 heavy (non-hydrogen) atoms. The normalized spacial score (nSPS) is 15.8. The topological polar surface area (TPSA) is 211 Å². The lowest BCUT2D eigenvalue weighted by Gasteiger charge is -2.29. The third kappa shape index (κ3) is 6.15. The van der Waals surface area contributed by atoms with Gasteiger partial charge in [0.1, 0.15) is 23.4 Å². The number of benzene rings is 3. The average Bonchev–Trinajstić information content (AvgIpc) is 3.60. The van der Waals surface area contributed by atoms with Crippen LogP contribution in [0.15, 0.2) is 60.8 Å². The predicted octanol–water partition coefficient (Wildman–Crippen LogP) is 3.88. The first kappa shape index (κ1) is 32.7. The zero-order chi connectivity index (χ0) is 35.1. The van der Waals surface area contributed by atoms with E-state index in [-0.39, 0.29) is 78.0 Å². The number of hydrogen-bond acceptors (Lipinski definition) is 8. The van der Waals surface area contributed by atoms with Gasteiger partial charge in [0.2, 0.25) is 17.7 Å². The first-order valence-corrected chi connectivity index (χ1v) is 15.7. The third-order valence-electron chi connectivity index (χ3n) is 8.91. The van der Waals surface area contributed by atoms with Crippen LogP contribution in [-0.2, 0) is 27.5 Å². The predicted molar refractivity (Wildman–Crippen MR) is 180 cm³/mol. The SMILES string of the molecule is CC(C)c1cc(C(=N)N(C(N)=O)c2ccc3c(ccn3CCC(=O)Nc3cccc4c3CN(C3CCC(=O)NC3=O)C4=O)c2)c(O)cc1O. The highest BCUT2D eigenvalue weighted by atomic mass is 16.3. The molecule has 0 saturated carbocycles. The summed E-state index contributed by atoms with van der Waals surface area (Å²) in [7, 11) is 0. The van der Waals surface area contributed by atoms with Crippen LogP contribution >= 0.6 is 0 Å². The van der Waals surface area contributed by atoms with Crippen LogP contribution in [0.2, 0.25) is 0 Å². The average molecular weight is 666 g/mol. The number of nitrogens with zero attached hydrogens (tertiary/aromatic N) is 3. The van der Waals surface area contributed by atoms with E-state index in [4.69, 9.17) is 11.1 Å². The molecule has 6 amide bonds. The summed E-state index contributed by atoms with van der Waals surface area (Å²) in [4.78, 5) is 65.2. The molecule has 1 saturated heterocycles. The zero-order valence-electron chi connectivity index (χ0n) is 26.8. The molecule has 1 aromatic heterocycles. The van der Waals surface area contributed by atoms with E-state index < -0.39 is 18.0 Å². The van der Waals surface area contributed by atoms with E-state index in [2.05, 4.69) is 10.6 Å². The Morgan fingerprint density at radius 2 is 1.86 bits per heavy atom. The number of aryl methyl sites for hydroxylation is 1. The minimum atomic E-state index is -0.937. The Bertz CT molecular complexity index is 2070.